The van der Waals surface area contributed by atoms with Crippen molar-refractivity contribution in [2.75, 3.05) is 7.05 Å². The molecule has 0 atom stereocenters. The number of fused-ring (bicyclic) bond motifs is 2. The molecule has 0 aliphatic rings. The van der Waals surface area contributed by atoms with Crippen molar-refractivity contribution in [1.82, 2.24) is 9.88 Å². The summed E-state index contributed by atoms with van der Waals surface area (Å²) in [6, 6.07) is 25.7. The Morgan fingerprint density at radius 3 is 2.00 bits per heavy atom. The minimum atomic E-state index is 0.846. The van der Waals surface area contributed by atoms with E-state index in [1.54, 1.807) is 0 Å². The van der Waals surface area contributed by atoms with Crippen LogP contribution in [0.4, 0.5) is 0 Å². The molecule has 2 nitrogen and oxygen atoms in total. The van der Waals surface area contributed by atoms with Gasteiger partial charge in [-0.1, -0.05) is 54.6 Å². The number of hydrogen-bond acceptors (Lipinski definition) is 2. The molecule has 0 saturated heterocycles. The molecule has 0 radical (unpaired) electrons. The molecule has 0 N–H and O–H groups in total. The molecule has 1 heterocycles. The van der Waals surface area contributed by atoms with E-state index in [1.165, 1.54) is 27.1 Å². The van der Waals surface area contributed by atoms with Crippen LogP contribution in [0.15, 0.2) is 79.0 Å². The van der Waals surface area contributed by atoms with E-state index < -0.39 is 0 Å². The van der Waals surface area contributed by atoms with E-state index in [4.69, 9.17) is 0 Å². The van der Waals surface area contributed by atoms with E-state index in [0.717, 1.165) is 18.8 Å². The minimum Gasteiger partial charge on any atom is -0.296 e. The zero-order chi connectivity index (χ0) is 16.4. The second kappa shape index (κ2) is 6.42. The fourth-order valence-corrected chi connectivity index (χ4v) is 3.37. The number of rotatable bonds is 4. The lowest BCUT2D eigenvalue weighted by molar-refractivity contribution is 0.317. The number of pyridine rings is 1. The van der Waals surface area contributed by atoms with Gasteiger partial charge in [0, 0.05) is 19.3 Å². The largest absolute Gasteiger partial charge is 0.296 e. The van der Waals surface area contributed by atoms with Gasteiger partial charge in [-0.05, 0) is 52.4 Å². The fourth-order valence-electron chi connectivity index (χ4n) is 3.37. The Hall–Kier alpha value is -2.71. The number of benzene rings is 3. The van der Waals surface area contributed by atoms with E-state index in [0.29, 0.717) is 0 Å². The van der Waals surface area contributed by atoms with Crippen molar-refractivity contribution in [3.8, 4) is 0 Å². The van der Waals surface area contributed by atoms with E-state index in [2.05, 4.69) is 77.6 Å². The summed E-state index contributed by atoms with van der Waals surface area (Å²) in [6.07, 6.45) is 1.86. The first-order valence-electron chi connectivity index (χ1n) is 8.29. The number of aromatic nitrogens is 1. The Morgan fingerprint density at radius 2 is 1.38 bits per heavy atom. The van der Waals surface area contributed by atoms with Gasteiger partial charge in [0.2, 0.25) is 0 Å². The Kier molecular flexibility index (Phi) is 3.97. The van der Waals surface area contributed by atoms with Crippen molar-refractivity contribution in [3.63, 3.8) is 0 Å². The topological polar surface area (TPSA) is 16.1 Å². The summed E-state index contributed by atoms with van der Waals surface area (Å²) in [5.41, 5.74) is 2.49. The van der Waals surface area contributed by atoms with Crippen LogP contribution in [0.2, 0.25) is 0 Å². The summed E-state index contributed by atoms with van der Waals surface area (Å²) in [7, 11) is 2.16. The molecule has 4 aromatic rings. The Bertz CT molecular complexity index is 923. The first-order valence-corrected chi connectivity index (χ1v) is 8.29. The highest BCUT2D eigenvalue weighted by molar-refractivity contribution is 6.02. The molecule has 0 unspecified atom stereocenters. The summed E-state index contributed by atoms with van der Waals surface area (Å²) < 4.78 is 0. The molecule has 0 amide bonds. The molecular formula is C22H20N2. The van der Waals surface area contributed by atoms with Crippen molar-refractivity contribution >= 4 is 21.5 Å². The highest BCUT2D eigenvalue weighted by atomic mass is 15.1. The lowest BCUT2D eigenvalue weighted by Crippen LogP contribution is -2.18. The highest BCUT2D eigenvalue weighted by Gasteiger charge is 2.10. The standard InChI is InChI=1S/C22H20N2/c1-24(15-19-10-6-7-13-23-19)16-22-20-11-4-2-8-17(20)14-18-9-3-5-12-21(18)22/h2-14H,15-16H2,1H3. The highest BCUT2D eigenvalue weighted by Crippen LogP contribution is 2.29. The van der Waals surface area contributed by atoms with Crippen molar-refractivity contribution in [2.24, 2.45) is 0 Å². The van der Waals surface area contributed by atoms with Crippen LogP contribution < -0.4 is 0 Å². The first-order chi connectivity index (χ1) is 11.8. The van der Waals surface area contributed by atoms with Crippen LogP contribution >= 0.6 is 0 Å². The van der Waals surface area contributed by atoms with Crippen molar-refractivity contribution in [2.45, 2.75) is 13.1 Å². The van der Waals surface area contributed by atoms with Gasteiger partial charge in [0.25, 0.3) is 0 Å². The van der Waals surface area contributed by atoms with Gasteiger partial charge >= 0.3 is 0 Å². The molecule has 3 aromatic carbocycles. The van der Waals surface area contributed by atoms with Gasteiger partial charge in [-0.2, -0.15) is 0 Å². The van der Waals surface area contributed by atoms with Crippen molar-refractivity contribution in [3.05, 3.63) is 90.3 Å². The fraction of sp³-hybridized carbons (Fsp3) is 0.136. The van der Waals surface area contributed by atoms with Gasteiger partial charge in [-0.25, -0.2) is 0 Å². The van der Waals surface area contributed by atoms with Gasteiger partial charge in [0.15, 0.2) is 0 Å². The Balaban J connectivity index is 1.76. The molecule has 0 saturated carbocycles. The Morgan fingerprint density at radius 1 is 0.750 bits per heavy atom. The molecule has 4 rings (SSSR count). The third-order valence-corrected chi connectivity index (χ3v) is 4.47. The van der Waals surface area contributed by atoms with Gasteiger partial charge in [-0.15, -0.1) is 0 Å². The molecule has 0 aliphatic heterocycles. The molecule has 2 heteroatoms. The SMILES string of the molecule is CN(Cc1ccccn1)Cc1c2ccccc2cc2ccccc12. The second-order valence-corrected chi connectivity index (χ2v) is 6.29. The molecule has 0 spiro atoms. The van der Waals surface area contributed by atoms with Crippen molar-refractivity contribution in [1.29, 1.82) is 0 Å². The van der Waals surface area contributed by atoms with Gasteiger partial charge in [0.05, 0.1) is 5.69 Å². The quantitative estimate of drug-likeness (QED) is 0.492. The van der Waals surface area contributed by atoms with Gasteiger partial charge in [-0.3, -0.25) is 9.88 Å². The summed E-state index contributed by atoms with van der Waals surface area (Å²) in [5, 5.41) is 5.28. The average molecular weight is 312 g/mol. The van der Waals surface area contributed by atoms with Crippen LogP contribution in [-0.2, 0) is 13.1 Å². The second-order valence-electron chi connectivity index (χ2n) is 6.29. The molecule has 0 fully saturated rings. The number of hydrogen-bond donors (Lipinski definition) is 0. The van der Waals surface area contributed by atoms with Crippen LogP contribution in [0.1, 0.15) is 11.3 Å². The molecular weight excluding hydrogens is 292 g/mol. The zero-order valence-corrected chi connectivity index (χ0v) is 13.8. The van der Waals surface area contributed by atoms with E-state index in [9.17, 15) is 0 Å². The maximum Gasteiger partial charge on any atom is 0.0543 e. The van der Waals surface area contributed by atoms with E-state index >= 15 is 0 Å². The molecule has 0 bridgehead atoms. The lowest BCUT2D eigenvalue weighted by atomic mass is 9.96. The van der Waals surface area contributed by atoms with Crippen LogP contribution in [0.25, 0.3) is 21.5 Å². The van der Waals surface area contributed by atoms with E-state index in [1.807, 2.05) is 18.3 Å². The van der Waals surface area contributed by atoms with E-state index in [-0.39, 0.29) is 0 Å². The minimum absolute atomic E-state index is 0.846. The summed E-state index contributed by atoms with van der Waals surface area (Å²) in [4.78, 5) is 6.77. The monoisotopic (exact) mass is 312 g/mol. The van der Waals surface area contributed by atoms with Crippen LogP contribution in [0.3, 0.4) is 0 Å². The van der Waals surface area contributed by atoms with Gasteiger partial charge in [0.1, 0.15) is 0 Å². The smallest absolute Gasteiger partial charge is 0.0543 e. The van der Waals surface area contributed by atoms with Crippen LogP contribution in [0.5, 0.6) is 0 Å². The third kappa shape index (κ3) is 2.89. The zero-order valence-electron chi connectivity index (χ0n) is 13.8. The summed E-state index contributed by atoms with van der Waals surface area (Å²) >= 11 is 0. The van der Waals surface area contributed by atoms with Crippen LogP contribution in [-0.4, -0.2) is 16.9 Å². The van der Waals surface area contributed by atoms with Gasteiger partial charge < -0.3 is 0 Å². The maximum atomic E-state index is 4.44. The predicted molar refractivity (Wildman–Crippen MR) is 101 cm³/mol. The first kappa shape index (κ1) is 14.9. The summed E-state index contributed by atoms with van der Waals surface area (Å²) in [5.74, 6) is 0. The predicted octanol–water partition coefficient (Wildman–Crippen LogP) is 5.02. The molecule has 118 valence electrons. The Labute approximate surface area is 142 Å². The maximum absolute atomic E-state index is 4.44. The normalized spacial score (nSPS) is 11.4. The lowest BCUT2D eigenvalue weighted by Gasteiger charge is -2.19. The average Bonchev–Trinajstić information content (AvgIpc) is 2.62. The number of nitrogens with zero attached hydrogens (tertiary/aromatic N) is 2. The molecule has 1 aromatic heterocycles. The molecule has 24 heavy (non-hydrogen) atoms. The molecule has 0 aliphatic carbocycles. The third-order valence-electron chi connectivity index (χ3n) is 4.47. The van der Waals surface area contributed by atoms with Crippen molar-refractivity contribution < 1.29 is 0 Å². The van der Waals surface area contributed by atoms with Crippen LogP contribution in [0, 0.1) is 0 Å². The summed E-state index contributed by atoms with van der Waals surface area (Å²) in [6.45, 7) is 1.75.